The Morgan fingerprint density at radius 3 is 2.10 bits per heavy atom. The maximum atomic E-state index is 12.4. The van der Waals surface area contributed by atoms with Crippen molar-refractivity contribution in [3.8, 4) is 5.75 Å². The number of nitrogens with zero attached hydrogens (tertiary/aromatic N) is 2. The number of hydrogen-bond donors (Lipinski definition) is 2. The summed E-state index contributed by atoms with van der Waals surface area (Å²) in [7, 11) is 0. The zero-order chi connectivity index (χ0) is 44.8. The van der Waals surface area contributed by atoms with Crippen molar-refractivity contribution >= 4 is 23.0 Å². The normalized spacial score (nSPS) is 15.6. The van der Waals surface area contributed by atoms with Gasteiger partial charge in [0.2, 0.25) is 0 Å². The first kappa shape index (κ1) is 53.8. The molecule has 1 aromatic rings. The number of Topliss-reactive ketones (excluding diaryl/α,β-unsaturated/α-hetero) is 2. The number of allylic oxidation sites excluding steroid dienone is 7. The monoisotopic (exact) mass is 813 g/mol. The molecule has 58 heavy (non-hydrogen) atoms. The van der Waals surface area contributed by atoms with E-state index in [1.54, 1.807) is 33.9 Å². The summed E-state index contributed by atoms with van der Waals surface area (Å²) >= 11 is 0. The van der Waals surface area contributed by atoms with Gasteiger partial charge in [-0.05, 0) is 115 Å². The SMILES string of the molecule is C=C(/C=C(\C=C/CC)C(F)(F)F)CC.C=C(C(CC)CC(C)CC)N1C=CN=C(N)/C1=C(\c1ccc(C(C)=O)cc1OCC)C(C)CC.CCCNC(C)(C)C(C)=O. The Morgan fingerprint density at radius 2 is 1.64 bits per heavy atom. The first-order chi connectivity index (χ1) is 27.1. The van der Waals surface area contributed by atoms with Gasteiger partial charge in [0, 0.05) is 29.2 Å². The van der Waals surface area contributed by atoms with Gasteiger partial charge in [-0.3, -0.25) is 9.59 Å². The molecule has 10 heteroatoms. The lowest BCUT2D eigenvalue weighted by atomic mass is 9.86. The molecule has 0 aromatic heterocycles. The summed E-state index contributed by atoms with van der Waals surface area (Å²) in [6, 6.07) is 5.69. The van der Waals surface area contributed by atoms with Crippen LogP contribution in [-0.4, -0.2) is 47.2 Å². The van der Waals surface area contributed by atoms with Crippen LogP contribution in [0.5, 0.6) is 5.75 Å². The Kier molecular flexibility index (Phi) is 24.8. The minimum atomic E-state index is -4.29. The second-order valence-electron chi connectivity index (χ2n) is 15.3. The summed E-state index contributed by atoms with van der Waals surface area (Å²) in [5, 5.41) is 3.16. The molecule has 326 valence electrons. The molecule has 0 spiro atoms. The van der Waals surface area contributed by atoms with Crippen LogP contribution in [0.2, 0.25) is 0 Å². The van der Waals surface area contributed by atoms with Crippen molar-refractivity contribution in [3.05, 3.63) is 95.7 Å². The average Bonchev–Trinajstić information content (AvgIpc) is 3.18. The van der Waals surface area contributed by atoms with Crippen molar-refractivity contribution in [1.82, 2.24) is 10.2 Å². The van der Waals surface area contributed by atoms with Crippen LogP contribution < -0.4 is 15.8 Å². The molecule has 0 amide bonds. The van der Waals surface area contributed by atoms with Gasteiger partial charge in [-0.25, -0.2) is 4.99 Å². The average molecular weight is 813 g/mol. The number of carbonyl (C=O) groups excluding carboxylic acids is 2. The van der Waals surface area contributed by atoms with E-state index in [0.29, 0.717) is 54.0 Å². The number of aliphatic imine (C=N–C) groups is 1. The van der Waals surface area contributed by atoms with E-state index in [4.69, 9.17) is 10.5 Å². The number of alkyl halides is 3. The lowest BCUT2D eigenvalue weighted by Crippen LogP contribution is -2.45. The van der Waals surface area contributed by atoms with Crippen LogP contribution in [0.4, 0.5) is 13.2 Å². The number of ketones is 2. The van der Waals surface area contributed by atoms with E-state index in [1.165, 1.54) is 6.08 Å². The Labute approximate surface area is 349 Å². The molecule has 3 N–H and O–H groups in total. The predicted octanol–water partition coefficient (Wildman–Crippen LogP) is 12.9. The van der Waals surface area contributed by atoms with Crippen LogP contribution in [0, 0.1) is 17.8 Å². The molecule has 3 unspecified atom stereocenters. The molecule has 1 aliphatic heterocycles. The van der Waals surface area contributed by atoms with Crippen LogP contribution >= 0.6 is 0 Å². The Hall–Kier alpha value is -4.18. The number of halogens is 3. The molecule has 0 saturated carbocycles. The smallest absolute Gasteiger partial charge is 0.416 e. The summed E-state index contributed by atoms with van der Waals surface area (Å²) in [5.74, 6) is 2.51. The van der Waals surface area contributed by atoms with Gasteiger partial charge in [0.05, 0.1) is 23.4 Å². The van der Waals surface area contributed by atoms with Crippen molar-refractivity contribution in [3.63, 3.8) is 0 Å². The topological polar surface area (TPSA) is 97.0 Å². The molecule has 1 aliphatic rings. The van der Waals surface area contributed by atoms with E-state index in [-0.39, 0.29) is 23.0 Å². The molecule has 2 rings (SSSR count). The number of ether oxygens (including phenoxy) is 1. The van der Waals surface area contributed by atoms with Gasteiger partial charge in [0.15, 0.2) is 5.78 Å². The van der Waals surface area contributed by atoms with Gasteiger partial charge in [-0.2, -0.15) is 13.2 Å². The van der Waals surface area contributed by atoms with Gasteiger partial charge < -0.3 is 20.7 Å². The van der Waals surface area contributed by atoms with Crippen LogP contribution in [0.3, 0.4) is 0 Å². The highest BCUT2D eigenvalue weighted by Crippen LogP contribution is 2.40. The van der Waals surface area contributed by atoms with Gasteiger partial charge in [-0.15, -0.1) is 0 Å². The zero-order valence-corrected chi connectivity index (χ0v) is 38.0. The maximum absolute atomic E-state index is 12.4. The molecule has 0 fully saturated rings. The molecule has 3 atom stereocenters. The summed E-state index contributed by atoms with van der Waals surface area (Å²) in [4.78, 5) is 29.6. The third-order valence-corrected chi connectivity index (χ3v) is 10.3. The van der Waals surface area contributed by atoms with E-state index in [1.807, 2.05) is 45.2 Å². The van der Waals surface area contributed by atoms with Gasteiger partial charge in [-0.1, -0.05) is 105 Å². The van der Waals surface area contributed by atoms with Crippen molar-refractivity contribution in [1.29, 1.82) is 0 Å². The van der Waals surface area contributed by atoms with Crippen LogP contribution in [0.1, 0.15) is 151 Å². The Bertz CT molecular complexity index is 1650. The van der Waals surface area contributed by atoms with E-state index in [2.05, 4.69) is 69.9 Å². The van der Waals surface area contributed by atoms with E-state index in [9.17, 15) is 22.8 Å². The lowest BCUT2D eigenvalue weighted by Gasteiger charge is -2.35. The van der Waals surface area contributed by atoms with Crippen molar-refractivity contribution < 1.29 is 27.5 Å². The fourth-order valence-corrected chi connectivity index (χ4v) is 5.76. The van der Waals surface area contributed by atoms with Gasteiger partial charge in [0.25, 0.3) is 0 Å². The quantitative estimate of drug-likeness (QED) is 0.101. The molecule has 0 bridgehead atoms. The summed E-state index contributed by atoms with van der Waals surface area (Å²) < 4.78 is 43.2. The fraction of sp³-hybridized carbons (Fsp3) is 0.562. The highest BCUT2D eigenvalue weighted by Gasteiger charge is 2.32. The fourth-order valence-electron chi connectivity index (χ4n) is 5.76. The van der Waals surface area contributed by atoms with Crippen LogP contribution in [0.15, 0.2) is 89.5 Å². The predicted molar refractivity (Wildman–Crippen MR) is 240 cm³/mol. The van der Waals surface area contributed by atoms with Crippen molar-refractivity contribution in [2.45, 2.75) is 147 Å². The second-order valence-corrected chi connectivity index (χ2v) is 15.3. The molecule has 1 heterocycles. The van der Waals surface area contributed by atoms with Crippen LogP contribution in [-0.2, 0) is 4.79 Å². The number of nitrogens with two attached hydrogens (primary N) is 1. The third-order valence-electron chi connectivity index (χ3n) is 10.3. The number of carbonyl (C=O) groups is 2. The minimum absolute atomic E-state index is 0.0118. The third kappa shape index (κ3) is 17.8. The second kappa shape index (κ2) is 26.7. The highest BCUT2D eigenvalue weighted by atomic mass is 19.4. The number of amidine groups is 1. The van der Waals surface area contributed by atoms with Gasteiger partial charge >= 0.3 is 6.18 Å². The van der Waals surface area contributed by atoms with E-state index >= 15 is 0 Å². The molecular weight excluding hydrogens is 738 g/mol. The number of benzene rings is 1. The molecule has 7 nitrogen and oxygen atoms in total. The molecule has 1 aromatic carbocycles. The number of rotatable bonds is 20. The first-order valence-electron chi connectivity index (χ1n) is 21.0. The molecule has 0 saturated heterocycles. The van der Waals surface area contributed by atoms with E-state index < -0.39 is 11.7 Å². The highest BCUT2D eigenvalue weighted by molar-refractivity contribution is 6.05. The lowest BCUT2D eigenvalue weighted by molar-refractivity contribution is -0.122. The Morgan fingerprint density at radius 1 is 1.00 bits per heavy atom. The van der Waals surface area contributed by atoms with E-state index in [0.717, 1.165) is 73.3 Å². The summed E-state index contributed by atoms with van der Waals surface area (Å²) in [6.45, 7) is 35.2. The minimum Gasteiger partial charge on any atom is -0.493 e. The molecule has 0 aliphatic carbocycles. The first-order valence-corrected chi connectivity index (χ1v) is 21.0. The standard InChI is InChI=1S/C29H43N3O2.C11H15F3.C8H17NO/c1-9-19(5)17-23(11-3)21(7)32-16-15-31-29(30)28(32)27(20(6)10-2)25-14-13-24(22(8)33)18-26(25)34-12-4;1-4-6-7-10(11(12,13)14)8-9(3)5-2;1-5-6-9-8(3,4)7(2)10/h13-16,18-20,23H,7,9-12,17H2,1-6,8H3,(H2,30,31);6-8H,3-5H2,1-2H3;9H,5-6H2,1-4H3/b28-27+;7-6-,10-8+;. The number of nitrogens with one attached hydrogen (secondary N) is 1. The van der Waals surface area contributed by atoms with Crippen molar-refractivity contribution in [2.75, 3.05) is 13.2 Å². The zero-order valence-electron chi connectivity index (χ0n) is 38.0. The molecular formula is C48H75F3N4O3. The maximum Gasteiger partial charge on any atom is 0.416 e. The largest absolute Gasteiger partial charge is 0.493 e. The molecule has 0 radical (unpaired) electrons. The summed E-state index contributed by atoms with van der Waals surface area (Å²) in [5.41, 5.74) is 10.6. The van der Waals surface area contributed by atoms with Gasteiger partial charge in [0.1, 0.15) is 17.4 Å². The number of hydrogen-bond acceptors (Lipinski definition) is 7. The van der Waals surface area contributed by atoms with Crippen LogP contribution in [0.25, 0.3) is 5.57 Å². The Balaban J connectivity index is 0.00000111. The van der Waals surface area contributed by atoms with Crippen molar-refractivity contribution in [2.24, 2.45) is 28.5 Å². The summed E-state index contributed by atoms with van der Waals surface area (Å²) in [6.07, 6.45) is 9.44.